The summed E-state index contributed by atoms with van der Waals surface area (Å²) >= 11 is 1.42. The van der Waals surface area contributed by atoms with Gasteiger partial charge in [-0.2, -0.15) is 0 Å². The number of furan rings is 1. The number of nitrogens with one attached hydrogen (secondary N) is 3. The van der Waals surface area contributed by atoms with E-state index in [4.69, 9.17) is 4.42 Å². The van der Waals surface area contributed by atoms with Crippen molar-refractivity contribution in [1.82, 2.24) is 4.98 Å². The Morgan fingerprint density at radius 3 is 2.69 bits per heavy atom. The lowest BCUT2D eigenvalue weighted by molar-refractivity contribution is -0.115. The van der Waals surface area contributed by atoms with Crippen molar-refractivity contribution in [2.75, 3.05) is 10.6 Å². The number of H-pyrrole nitrogens is 1. The SMILES string of the molecule is CC(Sc1cccc(NC(=O)c2ccco2)c1)C(=O)Nc1ccc2cc[nH]c2c1. The molecule has 146 valence electrons. The molecule has 2 aromatic carbocycles. The molecule has 29 heavy (non-hydrogen) atoms. The molecule has 3 N–H and O–H groups in total. The Labute approximate surface area is 171 Å². The van der Waals surface area contributed by atoms with Crippen molar-refractivity contribution in [3.63, 3.8) is 0 Å². The van der Waals surface area contributed by atoms with Crippen LogP contribution in [0.25, 0.3) is 10.9 Å². The van der Waals surface area contributed by atoms with Gasteiger partial charge in [-0.3, -0.25) is 9.59 Å². The zero-order valence-corrected chi connectivity index (χ0v) is 16.5. The fourth-order valence-electron chi connectivity index (χ4n) is 2.87. The number of hydrogen-bond acceptors (Lipinski definition) is 4. The molecule has 0 aliphatic heterocycles. The van der Waals surface area contributed by atoms with Crippen molar-refractivity contribution >= 4 is 45.9 Å². The number of benzene rings is 2. The molecule has 4 rings (SSSR count). The van der Waals surface area contributed by atoms with Crippen molar-refractivity contribution < 1.29 is 14.0 Å². The van der Waals surface area contributed by atoms with E-state index in [2.05, 4.69) is 15.6 Å². The van der Waals surface area contributed by atoms with Crippen LogP contribution in [-0.4, -0.2) is 22.0 Å². The summed E-state index contributed by atoms with van der Waals surface area (Å²) < 4.78 is 5.10. The van der Waals surface area contributed by atoms with E-state index in [-0.39, 0.29) is 22.8 Å². The van der Waals surface area contributed by atoms with E-state index in [9.17, 15) is 9.59 Å². The molecule has 6 nitrogen and oxygen atoms in total. The van der Waals surface area contributed by atoms with Gasteiger partial charge in [0.1, 0.15) is 0 Å². The Morgan fingerprint density at radius 1 is 1.00 bits per heavy atom. The number of thioether (sulfide) groups is 1. The molecular weight excluding hydrogens is 386 g/mol. The van der Waals surface area contributed by atoms with Gasteiger partial charge in [0, 0.05) is 28.0 Å². The number of fused-ring (bicyclic) bond motifs is 1. The van der Waals surface area contributed by atoms with Crippen LogP contribution in [0.15, 0.2) is 82.4 Å². The summed E-state index contributed by atoms with van der Waals surface area (Å²) in [5.41, 5.74) is 2.36. The quantitative estimate of drug-likeness (QED) is 0.388. The Morgan fingerprint density at radius 2 is 1.86 bits per heavy atom. The Bertz CT molecular complexity index is 1150. The van der Waals surface area contributed by atoms with Gasteiger partial charge in [-0.1, -0.05) is 12.1 Å². The van der Waals surface area contributed by atoms with Crippen molar-refractivity contribution in [3.05, 3.63) is 78.9 Å². The molecule has 0 fully saturated rings. The molecule has 0 saturated heterocycles. The molecule has 1 unspecified atom stereocenters. The van der Waals surface area contributed by atoms with Crippen LogP contribution < -0.4 is 10.6 Å². The van der Waals surface area contributed by atoms with Gasteiger partial charge in [-0.25, -0.2) is 0 Å². The predicted octanol–water partition coefficient (Wildman–Crippen LogP) is 5.13. The van der Waals surface area contributed by atoms with E-state index in [1.807, 2.05) is 55.6 Å². The van der Waals surface area contributed by atoms with E-state index < -0.39 is 0 Å². The van der Waals surface area contributed by atoms with Gasteiger partial charge >= 0.3 is 0 Å². The summed E-state index contributed by atoms with van der Waals surface area (Å²) in [6.45, 7) is 1.85. The third-order valence-corrected chi connectivity index (χ3v) is 5.44. The van der Waals surface area contributed by atoms with Gasteiger partial charge in [0.2, 0.25) is 5.91 Å². The van der Waals surface area contributed by atoms with E-state index in [1.54, 1.807) is 18.2 Å². The Kier molecular flexibility index (Phi) is 5.39. The third-order valence-electron chi connectivity index (χ3n) is 4.34. The standard InChI is InChI=1S/C22H19N3O3S/c1-14(21(26)24-17-8-7-15-9-10-23-19(15)13-17)29-18-5-2-4-16(12-18)25-22(27)20-6-3-11-28-20/h2-14,23H,1H3,(H,24,26)(H,25,27). The number of aromatic nitrogens is 1. The normalized spacial score (nSPS) is 11.9. The van der Waals surface area contributed by atoms with Crippen molar-refractivity contribution in [2.45, 2.75) is 17.1 Å². The average Bonchev–Trinajstić information content (AvgIpc) is 3.40. The summed E-state index contributed by atoms with van der Waals surface area (Å²) in [5.74, 6) is -0.164. The molecule has 2 aromatic heterocycles. The highest BCUT2D eigenvalue weighted by Crippen LogP contribution is 2.27. The molecule has 0 bridgehead atoms. The average molecular weight is 405 g/mol. The number of anilines is 2. The lowest BCUT2D eigenvalue weighted by Gasteiger charge is -2.13. The van der Waals surface area contributed by atoms with Gasteiger partial charge in [0.25, 0.3) is 5.91 Å². The monoisotopic (exact) mass is 405 g/mol. The van der Waals surface area contributed by atoms with Crippen molar-refractivity contribution in [1.29, 1.82) is 0 Å². The largest absolute Gasteiger partial charge is 0.459 e. The molecule has 2 heterocycles. The third kappa shape index (κ3) is 4.52. The number of carbonyl (C=O) groups excluding carboxylic acids is 2. The summed E-state index contributed by atoms with van der Waals surface area (Å²) in [5, 5.41) is 6.52. The molecule has 0 aliphatic rings. The second-order valence-corrected chi connectivity index (χ2v) is 7.90. The fraction of sp³-hybridized carbons (Fsp3) is 0.0909. The van der Waals surface area contributed by atoms with E-state index in [0.29, 0.717) is 5.69 Å². The first-order valence-corrected chi connectivity index (χ1v) is 9.96. The summed E-state index contributed by atoms with van der Waals surface area (Å²) in [6, 6.07) is 18.4. The number of hydrogen-bond donors (Lipinski definition) is 3. The zero-order chi connectivity index (χ0) is 20.2. The Balaban J connectivity index is 1.38. The van der Waals surface area contributed by atoms with Crippen LogP contribution >= 0.6 is 11.8 Å². The molecule has 1 atom stereocenters. The van der Waals surface area contributed by atoms with Crippen molar-refractivity contribution in [2.24, 2.45) is 0 Å². The first-order chi connectivity index (χ1) is 14.1. The van der Waals surface area contributed by atoms with Crippen LogP contribution in [0.3, 0.4) is 0 Å². The van der Waals surface area contributed by atoms with Crippen LogP contribution in [0.1, 0.15) is 17.5 Å². The lowest BCUT2D eigenvalue weighted by atomic mass is 10.2. The van der Waals surface area contributed by atoms with E-state index in [1.165, 1.54) is 18.0 Å². The second-order valence-electron chi connectivity index (χ2n) is 6.49. The smallest absolute Gasteiger partial charge is 0.291 e. The van der Waals surface area contributed by atoms with Crippen LogP contribution in [0.4, 0.5) is 11.4 Å². The molecule has 0 spiro atoms. The first kappa shape index (κ1) is 18.9. The molecule has 4 aromatic rings. The highest BCUT2D eigenvalue weighted by atomic mass is 32.2. The topological polar surface area (TPSA) is 87.1 Å². The van der Waals surface area contributed by atoms with Gasteiger partial charge in [0.15, 0.2) is 5.76 Å². The molecular formula is C22H19N3O3S. The summed E-state index contributed by atoms with van der Waals surface area (Å²) in [4.78, 5) is 28.7. The maximum Gasteiger partial charge on any atom is 0.291 e. The van der Waals surface area contributed by atoms with Gasteiger partial charge in [-0.15, -0.1) is 11.8 Å². The Hall–Kier alpha value is -3.45. The minimum atomic E-state index is -0.317. The predicted molar refractivity (Wildman–Crippen MR) is 115 cm³/mol. The number of carbonyl (C=O) groups is 2. The van der Waals surface area contributed by atoms with E-state index >= 15 is 0 Å². The highest BCUT2D eigenvalue weighted by molar-refractivity contribution is 8.00. The van der Waals surface area contributed by atoms with E-state index in [0.717, 1.165) is 21.5 Å². The number of rotatable bonds is 6. The maximum atomic E-state index is 12.6. The van der Waals surface area contributed by atoms with Crippen LogP contribution in [0.2, 0.25) is 0 Å². The van der Waals surface area contributed by atoms with Gasteiger partial charge in [0.05, 0.1) is 11.5 Å². The zero-order valence-electron chi connectivity index (χ0n) is 15.6. The number of aromatic amines is 1. The highest BCUT2D eigenvalue weighted by Gasteiger charge is 2.16. The molecule has 0 radical (unpaired) electrons. The summed E-state index contributed by atoms with van der Waals surface area (Å²) in [7, 11) is 0. The minimum absolute atomic E-state index is 0.0917. The van der Waals surface area contributed by atoms with Crippen molar-refractivity contribution in [3.8, 4) is 0 Å². The fourth-order valence-corrected chi connectivity index (χ4v) is 3.80. The lowest BCUT2D eigenvalue weighted by Crippen LogP contribution is -2.22. The van der Waals surface area contributed by atoms with Gasteiger partial charge in [-0.05, 0) is 60.8 Å². The number of amides is 2. The first-order valence-electron chi connectivity index (χ1n) is 9.08. The molecule has 0 saturated carbocycles. The van der Waals surface area contributed by atoms with Gasteiger partial charge < -0.3 is 20.0 Å². The van der Waals surface area contributed by atoms with Crippen LogP contribution in [0.5, 0.6) is 0 Å². The minimum Gasteiger partial charge on any atom is -0.459 e. The van der Waals surface area contributed by atoms with Crippen LogP contribution in [-0.2, 0) is 4.79 Å². The molecule has 7 heteroatoms. The molecule has 0 aliphatic carbocycles. The maximum absolute atomic E-state index is 12.6. The molecule has 2 amide bonds. The summed E-state index contributed by atoms with van der Waals surface area (Å²) in [6.07, 6.45) is 3.32. The van der Waals surface area contributed by atoms with Crippen LogP contribution in [0, 0.1) is 0 Å². The second kappa shape index (κ2) is 8.28.